The first kappa shape index (κ1) is 23.5. The van der Waals surface area contributed by atoms with Gasteiger partial charge in [0.2, 0.25) is 0 Å². The maximum Gasteiger partial charge on any atom is 0.198 e. The van der Waals surface area contributed by atoms with Crippen LogP contribution in [0.4, 0.5) is 17.6 Å². The van der Waals surface area contributed by atoms with Crippen LogP contribution in [0, 0.1) is 28.7 Å². The highest BCUT2D eigenvalue weighted by molar-refractivity contribution is 7.66. The summed E-state index contributed by atoms with van der Waals surface area (Å²) < 4.78 is 59.3. The lowest BCUT2D eigenvalue weighted by molar-refractivity contribution is 0.396. The summed E-state index contributed by atoms with van der Waals surface area (Å²) >= 11 is 0. The molecular formula is C25H33F4P. The van der Waals surface area contributed by atoms with Gasteiger partial charge in [-0.25, -0.2) is 17.6 Å². The van der Waals surface area contributed by atoms with Gasteiger partial charge in [-0.3, -0.25) is 0 Å². The number of benzene rings is 1. The molecule has 0 spiro atoms. The zero-order valence-corrected chi connectivity index (χ0v) is 19.9. The second kappa shape index (κ2) is 8.77. The fourth-order valence-electron chi connectivity index (χ4n) is 5.41. The van der Waals surface area contributed by atoms with E-state index in [2.05, 4.69) is 0 Å². The molecule has 2 aliphatic rings. The van der Waals surface area contributed by atoms with Crippen molar-refractivity contribution >= 4 is 13.2 Å². The van der Waals surface area contributed by atoms with E-state index in [-0.39, 0.29) is 22.9 Å². The van der Waals surface area contributed by atoms with Gasteiger partial charge in [0.1, 0.15) is 0 Å². The number of rotatable bonds is 5. The highest BCUT2D eigenvalue weighted by atomic mass is 31.1. The van der Waals surface area contributed by atoms with Gasteiger partial charge in [-0.2, -0.15) is 0 Å². The molecule has 0 bridgehead atoms. The number of allylic oxidation sites excluding steroid dienone is 4. The van der Waals surface area contributed by atoms with Crippen molar-refractivity contribution in [2.75, 3.05) is 6.16 Å². The SMILES string of the molecule is CCP(c1c(F)c(F)c(F)c(F)c1CC1(C)C(C)=C(C)C(C)=C1C)C1CCCCC1. The zero-order valence-electron chi connectivity index (χ0n) is 19.0. The molecule has 0 N–H and O–H groups in total. The summed E-state index contributed by atoms with van der Waals surface area (Å²) in [6.07, 6.45) is 5.97. The Balaban J connectivity index is 2.19. The first-order chi connectivity index (χ1) is 14.1. The molecule has 0 heterocycles. The van der Waals surface area contributed by atoms with Crippen LogP contribution < -0.4 is 5.30 Å². The maximum absolute atomic E-state index is 15.3. The monoisotopic (exact) mass is 440 g/mol. The van der Waals surface area contributed by atoms with E-state index >= 15 is 8.78 Å². The highest BCUT2D eigenvalue weighted by Gasteiger charge is 2.40. The summed E-state index contributed by atoms with van der Waals surface area (Å²) in [5.41, 5.74) is 4.23. The molecule has 30 heavy (non-hydrogen) atoms. The van der Waals surface area contributed by atoms with E-state index in [9.17, 15) is 8.78 Å². The van der Waals surface area contributed by atoms with E-state index in [1.807, 2.05) is 41.5 Å². The van der Waals surface area contributed by atoms with Gasteiger partial charge < -0.3 is 0 Å². The highest BCUT2D eigenvalue weighted by Crippen LogP contribution is 2.52. The molecule has 1 aromatic rings. The predicted molar refractivity (Wildman–Crippen MR) is 119 cm³/mol. The smallest absolute Gasteiger partial charge is 0.198 e. The Hall–Kier alpha value is -1.15. The average Bonchev–Trinajstić information content (AvgIpc) is 2.89. The Morgan fingerprint density at radius 2 is 1.30 bits per heavy atom. The molecule has 0 nitrogen and oxygen atoms in total. The molecule has 166 valence electrons. The molecule has 1 fully saturated rings. The third kappa shape index (κ3) is 3.68. The van der Waals surface area contributed by atoms with Gasteiger partial charge in [0.15, 0.2) is 23.3 Å². The molecule has 3 rings (SSSR count). The van der Waals surface area contributed by atoms with Crippen molar-refractivity contribution in [2.24, 2.45) is 5.41 Å². The number of hydrogen-bond acceptors (Lipinski definition) is 0. The summed E-state index contributed by atoms with van der Waals surface area (Å²) in [5, 5.41) is 0.139. The van der Waals surface area contributed by atoms with Crippen molar-refractivity contribution in [3.8, 4) is 0 Å². The number of hydrogen-bond donors (Lipinski definition) is 0. The van der Waals surface area contributed by atoms with Crippen LogP contribution in [0.5, 0.6) is 0 Å². The molecule has 5 heteroatoms. The molecule has 1 aromatic carbocycles. The predicted octanol–water partition coefficient (Wildman–Crippen LogP) is 7.94. The quantitative estimate of drug-likeness (QED) is 0.189. The summed E-state index contributed by atoms with van der Waals surface area (Å²) in [7, 11) is -1.11. The number of halogens is 4. The van der Waals surface area contributed by atoms with Gasteiger partial charge in [0, 0.05) is 16.3 Å². The molecule has 1 unspecified atom stereocenters. The largest absolute Gasteiger partial charge is 0.203 e. The van der Waals surface area contributed by atoms with Gasteiger partial charge in [-0.15, -0.1) is 0 Å². The van der Waals surface area contributed by atoms with Crippen molar-refractivity contribution < 1.29 is 17.6 Å². The van der Waals surface area contributed by atoms with Crippen LogP contribution in [-0.4, -0.2) is 11.8 Å². The lowest BCUT2D eigenvalue weighted by Crippen LogP contribution is -2.31. The van der Waals surface area contributed by atoms with E-state index in [0.717, 1.165) is 54.4 Å². The Kier molecular flexibility index (Phi) is 6.87. The molecule has 0 radical (unpaired) electrons. The third-order valence-electron chi connectivity index (χ3n) is 7.85. The molecule has 1 saturated carbocycles. The van der Waals surface area contributed by atoms with Gasteiger partial charge in [-0.05, 0) is 69.9 Å². The summed E-state index contributed by atoms with van der Waals surface area (Å²) in [4.78, 5) is 0. The average molecular weight is 441 g/mol. The van der Waals surface area contributed by atoms with E-state index in [1.165, 1.54) is 0 Å². The fraction of sp³-hybridized carbons (Fsp3) is 0.600. The van der Waals surface area contributed by atoms with Gasteiger partial charge >= 0.3 is 0 Å². The normalized spacial score (nSPS) is 21.0. The lowest BCUT2D eigenvalue weighted by atomic mass is 9.74. The van der Waals surface area contributed by atoms with Crippen molar-refractivity contribution in [3.63, 3.8) is 0 Å². The Morgan fingerprint density at radius 3 is 1.80 bits per heavy atom. The fourth-order valence-corrected chi connectivity index (χ4v) is 8.47. The molecule has 2 aliphatic carbocycles. The topological polar surface area (TPSA) is 0 Å². The van der Waals surface area contributed by atoms with Crippen LogP contribution in [0.15, 0.2) is 22.3 Å². The van der Waals surface area contributed by atoms with Crippen LogP contribution in [-0.2, 0) is 6.42 Å². The molecule has 0 saturated heterocycles. The molecule has 1 atom stereocenters. The van der Waals surface area contributed by atoms with E-state index in [4.69, 9.17) is 0 Å². The van der Waals surface area contributed by atoms with Gasteiger partial charge in [0.25, 0.3) is 0 Å². The summed E-state index contributed by atoms with van der Waals surface area (Å²) in [6, 6.07) is 0. The maximum atomic E-state index is 15.3. The third-order valence-corrected chi connectivity index (χ3v) is 11.0. The van der Waals surface area contributed by atoms with Gasteiger partial charge in [0.05, 0.1) is 0 Å². The molecular weight excluding hydrogens is 407 g/mol. The second-order valence-corrected chi connectivity index (χ2v) is 11.9. The van der Waals surface area contributed by atoms with Crippen LogP contribution in [0.25, 0.3) is 0 Å². The molecule has 0 aromatic heterocycles. The summed E-state index contributed by atoms with van der Waals surface area (Å²) in [6.45, 7) is 12.0. The van der Waals surface area contributed by atoms with E-state index < -0.39 is 36.6 Å². The van der Waals surface area contributed by atoms with Crippen LogP contribution in [0.1, 0.15) is 79.2 Å². The molecule has 0 amide bonds. The van der Waals surface area contributed by atoms with Crippen LogP contribution in [0.3, 0.4) is 0 Å². The Bertz CT molecular complexity index is 882. The van der Waals surface area contributed by atoms with Crippen molar-refractivity contribution in [2.45, 2.75) is 85.7 Å². The minimum absolute atomic E-state index is 0.0497. The minimum atomic E-state index is -1.68. The van der Waals surface area contributed by atoms with Crippen molar-refractivity contribution in [1.29, 1.82) is 0 Å². The lowest BCUT2D eigenvalue weighted by Gasteiger charge is -2.35. The first-order valence-electron chi connectivity index (χ1n) is 11.0. The van der Waals surface area contributed by atoms with Gasteiger partial charge in [-0.1, -0.05) is 52.2 Å². The Labute approximate surface area is 179 Å². The van der Waals surface area contributed by atoms with Crippen molar-refractivity contribution in [3.05, 3.63) is 51.1 Å². The van der Waals surface area contributed by atoms with E-state index in [0.29, 0.717) is 6.16 Å². The van der Waals surface area contributed by atoms with Crippen LogP contribution in [0.2, 0.25) is 0 Å². The Morgan fingerprint density at radius 1 is 0.800 bits per heavy atom. The minimum Gasteiger partial charge on any atom is -0.203 e. The molecule has 0 aliphatic heterocycles. The van der Waals surface area contributed by atoms with Crippen LogP contribution >= 0.6 is 7.92 Å². The standard InChI is InChI=1S/C25H33F4P/c1-7-30(18-11-9-8-10-12-18)24-19(20(26)21(27)22(28)23(24)29)13-25(6)16(4)14(2)15(3)17(25)5/h18H,7-13H2,1-6H3. The first-order valence-corrected chi connectivity index (χ1v) is 12.6. The van der Waals surface area contributed by atoms with E-state index in [1.54, 1.807) is 0 Å². The second-order valence-electron chi connectivity index (χ2n) is 9.17. The summed E-state index contributed by atoms with van der Waals surface area (Å²) in [5.74, 6) is -5.71. The van der Waals surface area contributed by atoms with Crippen molar-refractivity contribution in [1.82, 2.24) is 0 Å². The zero-order chi connectivity index (χ0) is 22.4.